The number of rotatable bonds is 1. The van der Waals surface area contributed by atoms with Crippen molar-refractivity contribution in [3.63, 3.8) is 0 Å². The molecule has 0 aromatic heterocycles. The zero-order valence-corrected chi connectivity index (χ0v) is 23.3. The molecule has 5 aliphatic carbocycles. The average Bonchev–Trinajstić information content (AvgIpc) is 3.19. The lowest BCUT2D eigenvalue weighted by Crippen LogP contribution is -2.80. The van der Waals surface area contributed by atoms with Gasteiger partial charge in [0.1, 0.15) is 28.9 Å². The summed E-state index contributed by atoms with van der Waals surface area (Å²) in [5.74, 6) is -9.70. The van der Waals surface area contributed by atoms with Gasteiger partial charge in [-0.05, 0) is 55.5 Å². The summed E-state index contributed by atoms with van der Waals surface area (Å²) in [5, 5.41) is 67.6. The van der Waals surface area contributed by atoms with Gasteiger partial charge in [-0.15, -0.1) is 0 Å². The van der Waals surface area contributed by atoms with E-state index in [0.717, 1.165) is 13.2 Å². The van der Waals surface area contributed by atoms with E-state index in [1.54, 1.807) is 6.92 Å². The number of phenolic OH excluding ortho intramolecular Hbond substituents is 2. The number of hydrogen-bond donors (Lipinski definition) is 6. The first kappa shape index (κ1) is 28.3. The fourth-order valence-electron chi connectivity index (χ4n) is 7.92. The van der Waals surface area contributed by atoms with Crippen LogP contribution in [0.15, 0.2) is 30.4 Å². The Bertz CT molecular complexity index is 1820. The number of phenols is 2. The molecule has 1 spiro atoms. The van der Waals surface area contributed by atoms with Crippen LogP contribution in [0.2, 0.25) is 0 Å². The number of carbonyl (C=O) groups excluding carboxylic acids is 5. The van der Waals surface area contributed by atoms with E-state index in [9.17, 15) is 54.6 Å². The molecule has 2 aromatic rings. The summed E-state index contributed by atoms with van der Waals surface area (Å²) in [4.78, 5) is 69.3. The predicted octanol–water partition coefficient (Wildman–Crippen LogP) is -0.285. The maximum atomic E-state index is 14.2. The largest absolute Gasteiger partial charge is 0.507 e. The number of Topliss-reactive ketones (excluding diaryl/α,β-unsaturated/α-hetero) is 4. The number of methoxy groups -OCH3 is 1. The number of aliphatic hydroxyl groups is 4. The summed E-state index contributed by atoms with van der Waals surface area (Å²) in [5.41, 5.74) is -12.6. The first-order chi connectivity index (χ1) is 20.6. The van der Waals surface area contributed by atoms with Crippen LogP contribution in [0.3, 0.4) is 0 Å². The first-order valence-corrected chi connectivity index (χ1v) is 13.8. The van der Waals surface area contributed by atoms with Gasteiger partial charge in [-0.2, -0.15) is 0 Å². The maximum absolute atomic E-state index is 14.2. The van der Waals surface area contributed by atoms with Crippen molar-refractivity contribution in [1.29, 1.82) is 0 Å². The highest BCUT2D eigenvalue weighted by Gasteiger charge is 2.76. The van der Waals surface area contributed by atoms with Gasteiger partial charge < -0.3 is 40.1 Å². The number of carbonyl (C=O) groups is 5. The van der Waals surface area contributed by atoms with Crippen molar-refractivity contribution < 1.29 is 64.1 Å². The van der Waals surface area contributed by atoms with Crippen LogP contribution in [0.5, 0.6) is 17.2 Å². The molecule has 1 unspecified atom stereocenters. The Morgan fingerprint density at radius 2 is 1.64 bits per heavy atom. The van der Waals surface area contributed by atoms with Crippen LogP contribution in [0.4, 0.5) is 0 Å². The summed E-state index contributed by atoms with van der Waals surface area (Å²) < 4.78 is 10.6. The maximum Gasteiger partial charge on any atom is 0.356 e. The molecule has 1 saturated carbocycles. The van der Waals surface area contributed by atoms with E-state index in [1.165, 1.54) is 24.3 Å². The second kappa shape index (κ2) is 8.39. The highest BCUT2D eigenvalue weighted by Crippen LogP contribution is 2.60. The lowest BCUT2D eigenvalue weighted by molar-refractivity contribution is -0.238. The number of benzene rings is 2. The molecule has 1 heterocycles. The smallest absolute Gasteiger partial charge is 0.356 e. The number of fused-ring (bicyclic) bond motifs is 3. The quantitative estimate of drug-likeness (QED) is 0.140. The van der Waals surface area contributed by atoms with Gasteiger partial charge in [0.05, 0.1) is 30.1 Å². The zero-order chi connectivity index (χ0) is 31.9. The normalized spacial score (nSPS) is 36.4. The summed E-state index contributed by atoms with van der Waals surface area (Å²) in [6.45, 7) is 1.57. The van der Waals surface area contributed by atoms with Gasteiger partial charge >= 0.3 is 5.97 Å². The number of aromatic hydroxyl groups is 2. The lowest BCUT2D eigenvalue weighted by Gasteiger charge is -2.53. The fraction of sp³-hybridized carbons (Fsp3) is 0.387. The van der Waals surface area contributed by atoms with Gasteiger partial charge in [-0.1, -0.05) is 12.2 Å². The Labute approximate surface area is 248 Å². The van der Waals surface area contributed by atoms with Crippen molar-refractivity contribution >= 4 is 29.1 Å². The summed E-state index contributed by atoms with van der Waals surface area (Å²) >= 11 is 0. The third-order valence-electron chi connectivity index (χ3n) is 10.1. The molecule has 1 aliphatic heterocycles. The number of allylic oxidation sites excluding steroid dienone is 1. The topological polar surface area (TPSA) is 225 Å². The Morgan fingerprint density at radius 3 is 2.32 bits per heavy atom. The van der Waals surface area contributed by atoms with Gasteiger partial charge in [-0.25, -0.2) is 4.79 Å². The summed E-state index contributed by atoms with van der Waals surface area (Å²) in [6, 6.07) is 3.69. The fourth-order valence-corrected chi connectivity index (χ4v) is 7.92. The van der Waals surface area contributed by atoms with Crippen LogP contribution >= 0.6 is 0 Å². The lowest BCUT2D eigenvalue weighted by atomic mass is 9.54. The molecule has 8 rings (SSSR count). The molecular weight excluding hydrogens is 580 g/mol. The number of ketones is 4. The Balaban J connectivity index is 1.50. The third-order valence-corrected chi connectivity index (χ3v) is 10.1. The molecule has 228 valence electrons. The van der Waals surface area contributed by atoms with Crippen molar-refractivity contribution in [2.24, 2.45) is 5.41 Å². The minimum Gasteiger partial charge on any atom is -0.507 e. The van der Waals surface area contributed by atoms with E-state index < -0.39 is 104 Å². The van der Waals surface area contributed by atoms with Crippen molar-refractivity contribution in [1.82, 2.24) is 0 Å². The van der Waals surface area contributed by atoms with Crippen molar-refractivity contribution in [3.05, 3.63) is 63.7 Å². The van der Waals surface area contributed by atoms with Crippen LogP contribution in [-0.4, -0.2) is 95.9 Å². The Morgan fingerprint density at radius 1 is 0.955 bits per heavy atom. The molecule has 2 bridgehead atoms. The highest BCUT2D eigenvalue weighted by molar-refractivity contribution is 6.32. The summed E-state index contributed by atoms with van der Waals surface area (Å²) in [6.07, 6.45) is -2.56. The summed E-state index contributed by atoms with van der Waals surface area (Å²) in [7, 11) is 0.918. The number of ether oxygens (including phenoxy) is 2. The van der Waals surface area contributed by atoms with Crippen molar-refractivity contribution in [2.75, 3.05) is 7.11 Å². The molecule has 0 amide bonds. The molecule has 0 radical (unpaired) electrons. The van der Waals surface area contributed by atoms with Gasteiger partial charge in [-0.3, -0.25) is 19.2 Å². The van der Waals surface area contributed by atoms with Gasteiger partial charge in [0.15, 0.2) is 11.6 Å². The standard InChI is InChI=1S/C31H26O13/c1-11-7-14-20(15(32)8-11)25(38)30(42)24(37)13-5-6-28(30,23(14)36)10-12-9-16-21(22(35)19(12)13)26(39)29(41)17(33)3-4-18(34)31(29,44-16)27(40)43-2/h5-9,13,17-18,32-35,41-42H,3-4,10H2,1-2H3/t13-,17?,18-,28+,29+,30+,31+/m0/s1. The van der Waals surface area contributed by atoms with E-state index in [0.29, 0.717) is 5.56 Å². The van der Waals surface area contributed by atoms with E-state index >= 15 is 0 Å². The van der Waals surface area contributed by atoms with Gasteiger partial charge in [0, 0.05) is 11.1 Å². The molecule has 13 heteroatoms. The number of hydrogen-bond acceptors (Lipinski definition) is 13. The van der Waals surface area contributed by atoms with Crippen molar-refractivity contribution in [2.45, 2.75) is 61.1 Å². The van der Waals surface area contributed by atoms with Crippen molar-refractivity contribution in [3.8, 4) is 17.2 Å². The third kappa shape index (κ3) is 2.77. The number of aliphatic hydroxyl groups excluding tert-OH is 2. The first-order valence-electron chi connectivity index (χ1n) is 13.8. The Kier molecular flexibility index (Phi) is 5.40. The molecule has 6 N–H and O–H groups in total. The average molecular weight is 607 g/mol. The minimum absolute atomic E-state index is 0.0221. The molecule has 7 atom stereocenters. The van der Waals surface area contributed by atoms with Gasteiger partial charge in [0.2, 0.25) is 22.8 Å². The second-order valence-corrected chi connectivity index (χ2v) is 12.1. The zero-order valence-electron chi connectivity index (χ0n) is 23.3. The van der Waals surface area contributed by atoms with E-state index in [1.807, 2.05) is 0 Å². The van der Waals surface area contributed by atoms with Gasteiger partial charge in [0.25, 0.3) is 5.60 Å². The molecule has 44 heavy (non-hydrogen) atoms. The van der Waals surface area contributed by atoms with Crippen LogP contribution < -0.4 is 4.74 Å². The van der Waals surface area contributed by atoms with E-state index in [2.05, 4.69) is 0 Å². The van der Waals surface area contributed by atoms with Crippen LogP contribution in [0.1, 0.15) is 66.5 Å². The van der Waals surface area contributed by atoms with Crippen LogP contribution in [0.25, 0.3) is 0 Å². The molecule has 1 fully saturated rings. The SMILES string of the molecule is COC(=O)[C@@]12Oc3cc4c(c(O)c3C(=O)[C@]1(O)C(O)CC[C@@H]2O)[C@@H]1C=C[C@@]2(C4)C(=O)c3cc(C)cc(O)c3C(=O)[C@]2(O)C1=O. The van der Waals surface area contributed by atoms with Crippen LogP contribution in [0, 0.1) is 12.3 Å². The minimum atomic E-state index is -3.13. The number of esters is 1. The van der Waals surface area contributed by atoms with E-state index in [-0.39, 0.29) is 29.5 Å². The monoisotopic (exact) mass is 606 g/mol. The molecule has 2 aromatic carbocycles. The van der Waals surface area contributed by atoms with Crippen LogP contribution in [-0.2, 0) is 20.7 Å². The predicted molar refractivity (Wildman–Crippen MR) is 143 cm³/mol. The molecule has 13 nitrogen and oxygen atoms in total. The molecule has 6 aliphatic rings. The second-order valence-electron chi connectivity index (χ2n) is 12.1. The number of aryl methyl sites for hydroxylation is 1. The Hall–Kier alpha value is -4.43. The molecule has 0 saturated heterocycles. The molecular formula is C31H26O13. The highest BCUT2D eigenvalue weighted by atomic mass is 16.6. The van der Waals surface area contributed by atoms with E-state index in [4.69, 9.17) is 9.47 Å².